The van der Waals surface area contributed by atoms with Gasteiger partial charge in [0, 0.05) is 50.9 Å². The minimum absolute atomic E-state index is 0.0312. The van der Waals surface area contributed by atoms with Crippen LogP contribution in [0.1, 0.15) is 40.2 Å². The van der Waals surface area contributed by atoms with Gasteiger partial charge in [-0.3, -0.25) is 19.2 Å². The predicted molar refractivity (Wildman–Crippen MR) is 169 cm³/mol. The maximum Gasteiger partial charge on any atom is 0.291 e. The minimum Gasteiger partial charge on any atom is -0.494 e. The van der Waals surface area contributed by atoms with Crippen LogP contribution in [0, 0.1) is 17.6 Å². The standard InChI is InChI=1S/C26H26ClF2N5O4.C4H9NO.CH2O2/c1-30-24(35)14-8-10-34(11-9-14)26(37)16-5-4-15(12-18(16)27)32-25(36)23-31-13-19(33(23)2)17-6-7-20(38-3)22(29)21(17)28;6-4-1-2-5-3-4;2-1-3/h4-7,12-14H,8-11H2,1-3H3,(H,30,35)(H,32,36);4-6H,1-3H2;1H,(H,2,3). The number of carbonyl (C=O) groups is 4. The van der Waals surface area contributed by atoms with E-state index in [0.29, 0.717) is 31.6 Å². The number of benzene rings is 2. The van der Waals surface area contributed by atoms with Gasteiger partial charge in [0.25, 0.3) is 18.3 Å². The van der Waals surface area contributed by atoms with Crippen LogP contribution in [-0.2, 0) is 16.6 Å². The lowest BCUT2D eigenvalue weighted by molar-refractivity contribution is -0.126. The van der Waals surface area contributed by atoms with Gasteiger partial charge >= 0.3 is 0 Å². The van der Waals surface area contributed by atoms with Gasteiger partial charge in [-0.2, -0.15) is 4.39 Å². The highest BCUT2D eigenvalue weighted by molar-refractivity contribution is 6.34. The molecule has 1 unspecified atom stereocenters. The third kappa shape index (κ3) is 9.24. The maximum atomic E-state index is 14.6. The minimum atomic E-state index is -1.14. The molecule has 1 atom stereocenters. The molecule has 47 heavy (non-hydrogen) atoms. The lowest BCUT2D eigenvalue weighted by Gasteiger charge is -2.31. The quantitative estimate of drug-likeness (QED) is 0.246. The number of aliphatic hydroxyl groups excluding tert-OH is 1. The summed E-state index contributed by atoms with van der Waals surface area (Å²) >= 11 is 6.38. The molecule has 0 bridgehead atoms. The number of ether oxygens (including phenoxy) is 1. The molecule has 0 saturated carbocycles. The number of imidazole rings is 1. The summed E-state index contributed by atoms with van der Waals surface area (Å²) in [5.74, 6) is -3.57. The molecule has 2 fully saturated rings. The summed E-state index contributed by atoms with van der Waals surface area (Å²) in [4.78, 5) is 51.8. The number of anilines is 1. The summed E-state index contributed by atoms with van der Waals surface area (Å²) < 4.78 is 34.9. The van der Waals surface area contributed by atoms with Crippen molar-refractivity contribution in [1.29, 1.82) is 0 Å². The van der Waals surface area contributed by atoms with Gasteiger partial charge in [0.1, 0.15) is 0 Å². The highest BCUT2D eigenvalue weighted by Crippen LogP contribution is 2.30. The molecule has 3 amide bonds. The van der Waals surface area contributed by atoms with Gasteiger partial charge in [-0.1, -0.05) is 11.6 Å². The molecule has 5 rings (SSSR count). The highest BCUT2D eigenvalue weighted by atomic mass is 35.5. The van der Waals surface area contributed by atoms with E-state index in [1.807, 2.05) is 0 Å². The van der Waals surface area contributed by atoms with Gasteiger partial charge in [-0.05, 0) is 56.1 Å². The summed E-state index contributed by atoms with van der Waals surface area (Å²) in [7, 11) is 4.33. The topological polar surface area (TPSA) is 175 Å². The molecular weight excluding hydrogens is 642 g/mol. The molecule has 2 saturated heterocycles. The Balaban J connectivity index is 0.000000582. The SMILES string of the molecule is CNC(=O)C1CCN(C(=O)c2ccc(NC(=O)c3ncc(-c4ccc(OC)c(F)c4F)n3C)cc2Cl)CC1.O=CO.OC1CCNC1. The lowest BCUT2D eigenvalue weighted by atomic mass is 9.95. The van der Waals surface area contributed by atoms with Crippen molar-refractivity contribution in [3.63, 3.8) is 0 Å². The summed E-state index contributed by atoms with van der Waals surface area (Å²) in [6.07, 6.45) is 3.26. The number of likely N-dealkylation sites (tertiary alicyclic amines) is 1. The number of methoxy groups -OCH3 is 1. The second kappa shape index (κ2) is 17.4. The van der Waals surface area contributed by atoms with Crippen LogP contribution in [0.3, 0.4) is 0 Å². The molecule has 3 aromatic rings. The maximum absolute atomic E-state index is 14.6. The normalized spacial score (nSPS) is 15.8. The van der Waals surface area contributed by atoms with Crippen LogP contribution in [0.15, 0.2) is 36.5 Å². The van der Waals surface area contributed by atoms with Crippen molar-refractivity contribution < 1.29 is 42.9 Å². The van der Waals surface area contributed by atoms with Crippen molar-refractivity contribution in [2.75, 3.05) is 45.7 Å². The lowest BCUT2D eigenvalue weighted by Crippen LogP contribution is -2.42. The van der Waals surface area contributed by atoms with Crippen LogP contribution in [0.2, 0.25) is 5.02 Å². The zero-order valence-corrected chi connectivity index (χ0v) is 26.8. The first kappa shape index (κ1) is 36.9. The average Bonchev–Trinajstić information content (AvgIpc) is 3.70. The van der Waals surface area contributed by atoms with Gasteiger partial charge in [0.2, 0.25) is 11.7 Å². The van der Waals surface area contributed by atoms with Crippen molar-refractivity contribution in [1.82, 2.24) is 25.1 Å². The molecule has 0 spiro atoms. The average molecular weight is 679 g/mol. The number of aliphatic hydroxyl groups is 1. The number of halogens is 3. The molecule has 16 heteroatoms. The molecule has 1 aromatic heterocycles. The van der Waals surface area contributed by atoms with Crippen LogP contribution in [0.25, 0.3) is 11.3 Å². The fourth-order valence-corrected chi connectivity index (χ4v) is 5.33. The van der Waals surface area contributed by atoms with Crippen LogP contribution < -0.4 is 20.7 Å². The number of nitrogens with zero attached hydrogens (tertiary/aromatic N) is 3. The first-order valence-electron chi connectivity index (χ1n) is 14.6. The number of hydrogen-bond acceptors (Lipinski definition) is 8. The Hall–Kier alpha value is -4.60. The van der Waals surface area contributed by atoms with Crippen LogP contribution in [-0.4, -0.2) is 95.3 Å². The van der Waals surface area contributed by atoms with E-state index >= 15 is 0 Å². The van der Waals surface area contributed by atoms with E-state index in [1.54, 1.807) is 11.9 Å². The molecule has 0 aliphatic carbocycles. The monoisotopic (exact) mass is 678 g/mol. The van der Waals surface area contributed by atoms with E-state index in [4.69, 9.17) is 31.3 Å². The Kier molecular flexibility index (Phi) is 13.6. The molecule has 5 N–H and O–H groups in total. The van der Waals surface area contributed by atoms with E-state index in [1.165, 1.54) is 55.3 Å². The predicted octanol–water partition coefficient (Wildman–Crippen LogP) is 2.92. The van der Waals surface area contributed by atoms with Gasteiger partial charge in [-0.15, -0.1) is 0 Å². The first-order valence-corrected chi connectivity index (χ1v) is 15.0. The van der Waals surface area contributed by atoms with Crippen LogP contribution >= 0.6 is 11.6 Å². The van der Waals surface area contributed by atoms with E-state index in [9.17, 15) is 23.2 Å². The van der Waals surface area contributed by atoms with Gasteiger partial charge in [0.05, 0.1) is 35.7 Å². The third-order valence-electron chi connectivity index (χ3n) is 7.63. The van der Waals surface area contributed by atoms with Gasteiger partial charge in [-0.25, -0.2) is 9.37 Å². The van der Waals surface area contributed by atoms with Crippen molar-refractivity contribution in [2.45, 2.75) is 25.4 Å². The van der Waals surface area contributed by atoms with E-state index in [-0.39, 0.29) is 63.7 Å². The van der Waals surface area contributed by atoms with Crippen molar-refractivity contribution in [2.24, 2.45) is 13.0 Å². The second-order valence-electron chi connectivity index (χ2n) is 10.6. The Labute approximate surface area is 274 Å². The Morgan fingerprint density at radius 2 is 1.81 bits per heavy atom. The number of β-amino-alcohol motifs (C(OH)–C–C–N with tert-alkyl or cyclic N) is 1. The number of aromatic nitrogens is 2. The summed E-state index contributed by atoms with van der Waals surface area (Å²) in [5, 5.41) is 24.0. The number of rotatable bonds is 6. The number of hydrogen-bond donors (Lipinski definition) is 5. The number of piperidine rings is 1. The summed E-state index contributed by atoms with van der Waals surface area (Å²) in [5.41, 5.74) is 0.705. The van der Waals surface area contributed by atoms with E-state index in [2.05, 4.69) is 20.9 Å². The number of nitrogens with one attached hydrogen (secondary N) is 3. The van der Waals surface area contributed by atoms with Crippen molar-refractivity contribution >= 4 is 41.5 Å². The zero-order valence-electron chi connectivity index (χ0n) is 26.1. The van der Waals surface area contributed by atoms with Crippen molar-refractivity contribution in [3.8, 4) is 17.0 Å². The van der Waals surface area contributed by atoms with Gasteiger partial charge < -0.3 is 40.4 Å². The fourth-order valence-electron chi connectivity index (χ4n) is 5.07. The molecule has 0 radical (unpaired) electrons. The molecule has 13 nitrogen and oxygen atoms in total. The molecule has 2 aliphatic heterocycles. The largest absolute Gasteiger partial charge is 0.494 e. The van der Waals surface area contributed by atoms with E-state index in [0.717, 1.165) is 19.5 Å². The van der Waals surface area contributed by atoms with Gasteiger partial charge in [0.15, 0.2) is 17.4 Å². The van der Waals surface area contributed by atoms with Crippen LogP contribution in [0.4, 0.5) is 14.5 Å². The van der Waals surface area contributed by atoms with E-state index < -0.39 is 17.5 Å². The number of carbonyl (C=O) groups excluding carboxylic acids is 3. The summed E-state index contributed by atoms with van der Waals surface area (Å²) in [6, 6.07) is 7.13. The molecule has 2 aromatic carbocycles. The molecule has 254 valence electrons. The Bertz CT molecular complexity index is 1570. The number of carboxylic acid groups (broad SMARTS) is 1. The zero-order chi connectivity index (χ0) is 34.7. The smallest absolute Gasteiger partial charge is 0.291 e. The number of amides is 3. The van der Waals surface area contributed by atoms with Crippen molar-refractivity contribution in [3.05, 3.63) is 64.6 Å². The summed E-state index contributed by atoms with van der Waals surface area (Å²) in [6.45, 7) is 2.40. The molecule has 3 heterocycles. The van der Waals surface area contributed by atoms with Crippen LogP contribution in [0.5, 0.6) is 5.75 Å². The molecule has 2 aliphatic rings. The first-order chi connectivity index (χ1) is 22.5. The molecular formula is C31H37ClF2N6O7. The Morgan fingerprint density at radius 1 is 1.13 bits per heavy atom. The fraction of sp³-hybridized carbons (Fsp3) is 0.387. The second-order valence-corrected chi connectivity index (χ2v) is 11.0. The Morgan fingerprint density at radius 3 is 2.34 bits per heavy atom. The third-order valence-corrected chi connectivity index (χ3v) is 7.94. The highest BCUT2D eigenvalue weighted by Gasteiger charge is 2.28.